The van der Waals surface area contributed by atoms with Crippen LogP contribution < -0.4 is 10.2 Å². The van der Waals surface area contributed by atoms with E-state index in [1.165, 1.54) is 33.2 Å². The van der Waals surface area contributed by atoms with E-state index < -0.39 is 0 Å². The van der Waals surface area contributed by atoms with Crippen molar-refractivity contribution in [1.29, 1.82) is 0 Å². The van der Waals surface area contributed by atoms with E-state index in [0.29, 0.717) is 0 Å². The number of anilines is 1. The molecule has 0 unspecified atom stereocenters. The third-order valence-corrected chi connectivity index (χ3v) is 6.32. The molecule has 166 valence electrons. The van der Waals surface area contributed by atoms with Crippen LogP contribution >= 0.6 is 0 Å². The second kappa shape index (κ2) is 9.53. The molecular weight excluding hydrogens is 394 g/mol. The van der Waals surface area contributed by atoms with Crippen LogP contribution in [-0.4, -0.2) is 41.1 Å². The maximum absolute atomic E-state index is 4.73. The van der Waals surface area contributed by atoms with Gasteiger partial charge in [-0.3, -0.25) is 4.98 Å². The normalized spacial score (nSPS) is 13.7. The number of pyridine rings is 2. The lowest BCUT2D eigenvalue weighted by molar-refractivity contribution is 0.585. The quantitative estimate of drug-likeness (QED) is 0.443. The summed E-state index contributed by atoms with van der Waals surface area (Å²) in [6.07, 6.45) is 5.87. The van der Waals surface area contributed by atoms with Gasteiger partial charge in [-0.15, -0.1) is 0 Å². The van der Waals surface area contributed by atoms with Crippen LogP contribution in [0.1, 0.15) is 30.5 Å². The Morgan fingerprint density at radius 1 is 0.844 bits per heavy atom. The van der Waals surface area contributed by atoms with Gasteiger partial charge in [0.2, 0.25) is 0 Å². The van der Waals surface area contributed by atoms with Gasteiger partial charge in [0.25, 0.3) is 0 Å². The van der Waals surface area contributed by atoms with Crippen molar-refractivity contribution in [3.8, 4) is 22.4 Å². The molecule has 1 fully saturated rings. The number of hydrogen-bond acceptors (Lipinski definition) is 4. The van der Waals surface area contributed by atoms with Gasteiger partial charge in [0.05, 0.1) is 5.69 Å². The first-order valence-corrected chi connectivity index (χ1v) is 11.6. The van der Waals surface area contributed by atoms with E-state index in [0.717, 1.165) is 48.8 Å². The lowest BCUT2D eigenvalue weighted by Crippen LogP contribution is -2.43. The first kappa shape index (κ1) is 22.0. The first-order chi connectivity index (χ1) is 15.6. The summed E-state index contributed by atoms with van der Waals surface area (Å²) in [5.74, 6) is 1.06. The average Bonchev–Trinajstić information content (AvgIpc) is 3.18. The van der Waals surface area contributed by atoms with Crippen LogP contribution in [-0.2, 0) is 0 Å². The van der Waals surface area contributed by atoms with Gasteiger partial charge in [-0.1, -0.05) is 26.0 Å². The summed E-state index contributed by atoms with van der Waals surface area (Å²) in [5, 5.41) is 4.64. The fourth-order valence-electron chi connectivity index (χ4n) is 4.31. The minimum atomic E-state index is 1.01. The second-order valence-corrected chi connectivity index (χ2v) is 8.16. The number of nitrogens with zero attached hydrogens (tertiary/aromatic N) is 3. The van der Waals surface area contributed by atoms with Gasteiger partial charge in [-0.05, 0) is 61.2 Å². The van der Waals surface area contributed by atoms with Gasteiger partial charge in [-0.25, -0.2) is 4.98 Å². The summed E-state index contributed by atoms with van der Waals surface area (Å²) in [6.45, 7) is 14.5. The predicted molar refractivity (Wildman–Crippen MR) is 135 cm³/mol. The molecule has 4 aromatic rings. The maximum Gasteiger partial charge on any atom is 0.128 e. The van der Waals surface area contributed by atoms with Crippen molar-refractivity contribution in [2.45, 2.75) is 34.6 Å². The Morgan fingerprint density at radius 3 is 2.31 bits per heavy atom. The molecule has 0 spiro atoms. The molecule has 3 aromatic heterocycles. The number of hydrogen-bond donors (Lipinski definition) is 2. The lowest BCUT2D eigenvalue weighted by Gasteiger charge is -2.28. The molecule has 5 nitrogen and oxygen atoms in total. The Labute approximate surface area is 190 Å². The molecule has 1 aliphatic rings. The molecule has 1 saturated heterocycles. The van der Waals surface area contributed by atoms with Gasteiger partial charge in [0, 0.05) is 66.8 Å². The molecule has 2 N–H and O–H groups in total. The van der Waals surface area contributed by atoms with Crippen LogP contribution in [0.25, 0.3) is 33.3 Å². The third kappa shape index (κ3) is 4.13. The minimum Gasteiger partial charge on any atom is -0.354 e. The number of benzene rings is 1. The highest BCUT2D eigenvalue weighted by Gasteiger charge is 2.14. The van der Waals surface area contributed by atoms with Gasteiger partial charge in [-0.2, -0.15) is 0 Å². The van der Waals surface area contributed by atoms with Gasteiger partial charge in [0.1, 0.15) is 5.82 Å². The Morgan fingerprint density at radius 2 is 1.59 bits per heavy atom. The molecule has 32 heavy (non-hydrogen) atoms. The molecule has 0 saturated carbocycles. The number of aromatic nitrogens is 3. The van der Waals surface area contributed by atoms with Crippen LogP contribution in [0.3, 0.4) is 0 Å². The molecule has 0 atom stereocenters. The maximum atomic E-state index is 4.73. The van der Waals surface area contributed by atoms with Crippen LogP contribution in [0.5, 0.6) is 0 Å². The van der Waals surface area contributed by atoms with Crippen molar-refractivity contribution in [2.75, 3.05) is 31.1 Å². The second-order valence-electron chi connectivity index (χ2n) is 8.16. The van der Waals surface area contributed by atoms with Gasteiger partial charge < -0.3 is 15.2 Å². The highest BCUT2D eigenvalue weighted by atomic mass is 15.2. The summed E-state index contributed by atoms with van der Waals surface area (Å²) in [6, 6.07) is 10.9. The number of piperazine rings is 1. The zero-order chi connectivity index (χ0) is 22.7. The fourth-order valence-corrected chi connectivity index (χ4v) is 4.31. The Bertz CT molecular complexity index is 1200. The fraction of sp³-hybridized carbons (Fsp3) is 0.333. The minimum absolute atomic E-state index is 1.01. The average molecular weight is 428 g/mol. The summed E-state index contributed by atoms with van der Waals surface area (Å²) < 4.78 is 0. The Hall–Kier alpha value is -3.18. The van der Waals surface area contributed by atoms with E-state index in [1.54, 1.807) is 0 Å². The number of nitrogens with one attached hydrogen (secondary N) is 2. The number of H-pyrrole nitrogens is 1. The molecule has 0 bridgehead atoms. The highest BCUT2D eigenvalue weighted by Crippen LogP contribution is 2.34. The summed E-state index contributed by atoms with van der Waals surface area (Å²) in [5.41, 5.74) is 9.53. The number of rotatable bonds is 3. The number of aromatic amines is 1. The van der Waals surface area contributed by atoms with Crippen molar-refractivity contribution >= 4 is 16.7 Å². The van der Waals surface area contributed by atoms with Crippen LogP contribution in [0.2, 0.25) is 0 Å². The van der Waals surface area contributed by atoms with Crippen LogP contribution in [0.4, 0.5) is 5.82 Å². The molecular formula is C27H33N5. The number of fused-ring (bicyclic) bond motifs is 1. The molecule has 1 aliphatic heterocycles. The van der Waals surface area contributed by atoms with Crippen molar-refractivity contribution in [1.82, 2.24) is 20.3 Å². The van der Waals surface area contributed by atoms with E-state index in [9.17, 15) is 0 Å². The van der Waals surface area contributed by atoms with E-state index in [2.05, 4.69) is 71.3 Å². The molecule has 0 aliphatic carbocycles. The monoisotopic (exact) mass is 427 g/mol. The standard InChI is InChI=1S/C25H27N5.C2H6/c1-16-13-27-15-22(17(16)2)25-18(3)21-6-4-19(12-23(21)29-25)20-5-7-24(28-14-20)30-10-8-26-9-11-30;1-2/h4-7,12-15,26,29H,8-11H2,1-3H3;1-2H3. The molecule has 5 rings (SSSR count). The van der Waals surface area contributed by atoms with Crippen molar-refractivity contribution in [3.63, 3.8) is 0 Å². The molecule has 5 heteroatoms. The topological polar surface area (TPSA) is 56.8 Å². The van der Waals surface area contributed by atoms with Crippen molar-refractivity contribution in [3.05, 3.63) is 65.6 Å². The van der Waals surface area contributed by atoms with E-state index in [4.69, 9.17) is 4.98 Å². The van der Waals surface area contributed by atoms with Crippen molar-refractivity contribution < 1.29 is 0 Å². The SMILES string of the molecule is CC.Cc1cncc(-c2[nH]c3cc(-c4ccc(N5CCNCC5)nc4)ccc3c2C)c1C. The van der Waals surface area contributed by atoms with Gasteiger partial charge >= 0.3 is 0 Å². The smallest absolute Gasteiger partial charge is 0.128 e. The summed E-state index contributed by atoms with van der Waals surface area (Å²) in [4.78, 5) is 15.1. The van der Waals surface area contributed by atoms with Gasteiger partial charge in [0.15, 0.2) is 0 Å². The first-order valence-electron chi connectivity index (χ1n) is 11.6. The lowest BCUT2D eigenvalue weighted by atomic mass is 10.0. The van der Waals surface area contributed by atoms with Crippen LogP contribution in [0.15, 0.2) is 48.9 Å². The summed E-state index contributed by atoms with van der Waals surface area (Å²) in [7, 11) is 0. The molecule has 0 radical (unpaired) electrons. The summed E-state index contributed by atoms with van der Waals surface area (Å²) >= 11 is 0. The molecule has 1 aromatic carbocycles. The number of aryl methyl sites for hydroxylation is 2. The van der Waals surface area contributed by atoms with E-state index in [1.807, 2.05) is 32.4 Å². The zero-order valence-corrected chi connectivity index (χ0v) is 19.8. The van der Waals surface area contributed by atoms with E-state index in [-0.39, 0.29) is 0 Å². The third-order valence-electron chi connectivity index (χ3n) is 6.32. The van der Waals surface area contributed by atoms with E-state index >= 15 is 0 Å². The Balaban J connectivity index is 0.00000119. The van der Waals surface area contributed by atoms with Crippen molar-refractivity contribution in [2.24, 2.45) is 0 Å². The zero-order valence-electron chi connectivity index (χ0n) is 19.8. The largest absolute Gasteiger partial charge is 0.354 e. The Kier molecular flexibility index (Phi) is 6.56. The molecule has 0 amide bonds. The predicted octanol–water partition coefficient (Wildman–Crippen LogP) is 5.65. The van der Waals surface area contributed by atoms with Crippen LogP contribution in [0, 0.1) is 20.8 Å². The highest BCUT2D eigenvalue weighted by molar-refractivity contribution is 5.93. The molecule has 4 heterocycles.